The van der Waals surface area contributed by atoms with Gasteiger partial charge in [-0.05, 0) is 38.3 Å². The molecule has 0 aromatic rings. The first-order valence-corrected chi connectivity index (χ1v) is 18.1. The van der Waals surface area contributed by atoms with Crippen LogP contribution in [0.3, 0.4) is 0 Å². The summed E-state index contributed by atoms with van der Waals surface area (Å²) < 4.78 is 60.0. The van der Waals surface area contributed by atoms with E-state index in [0.717, 1.165) is 0 Å². The molecule has 0 radical (unpaired) electrons. The van der Waals surface area contributed by atoms with E-state index >= 15 is 0 Å². The van der Waals surface area contributed by atoms with E-state index in [1.54, 1.807) is 4.90 Å². The molecule has 0 aliphatic rings. The van der Waals surface area contributed by atoms with Crippen LogP contribution in [0.1, 0.15) is 40.0 Å². The minimum atomic E-state index is -0.478. The van der Waals surface area contributed by atoms with Gasteiger partial charge in [-0.25, -0.2) is 0 Å². The Balaban J connectivity index is 4.07. The van der Waals surface area contributed by atoms with Crippen molar-refractivity contribution >= 4 is 11.9 Å². The average Bonchev–Trinajstić information content (AvgIpc) is 3.12. The summed E-state index contributed by atoms with van der Waals surface area (Å²) in [7, 11) is 0. The van der Waals surface area contributed by atoms with E-state index in [4.69, 9.17) is 63.2 Å². The van der Waals surface area contributed by atoms with Crippen LogP contribution in [0.15, 0.2) is 10.2 Å². The van der Waals surface area contributed by atoms with Gasteiger partial charge in [-0.2, -0.15) is 0 Å². The van der Waals surface area contributed by atoms with Crippen LogP contribution in [-0.2, 0) is 61.7 Å². The van der Waals surface area contributed by atoms with Crippen molar-refractivity contribution in [2.24, 2.45) is 10.2 Å². The maximum absolute atomic E-state index is 12.9. The summed E-state index contributed by atoms with van der Waals surface area (Å²) in [5.41, 5.74) is 16.0. The fraction of sp³-hybridized carbons (Fsp3) is 0.939. The third-order valence-corrected chi connectivity index (χ3v) is 6.32. The molecule has 0 aliphatic heterocycles. The largest absolute Gasteiger partial charge is 0.460 e. The Morgan fingerprint density at radius 3 is 1.21 bits per heavy atom. The second-order valence-electron chi connectivity index (χ2n) is 11.9. The third-order valence-electron chi connectivity index (χ3n) is 6.32. The topological polar surface area (TPSA) is 236 Å². The lowest BCUT2D eigenvalue weighted by Crippen LogP contribution is -2.37. The van der Waals surface area contributed by atoms with Crippen LogP contribution in [-0.4, -0.2) is 181 Å². The van der Waals surface area contributed by atoms with Gasteiger partial charge in [-0.1, -0.05) is 10.2 Å². The molecule has 0 rings (SSSR count). The molecule has 0 heterocycles. The molecule has 0 atom stereocenters. The van der Waals surface area contributed by atoms with Gasteiger partial charge in [0.25, 0.3) is 0 Å². The van der Waals surface area contributed by atoms with Crippen LogP contribution in [0.25, 0.3) is 20.9 Å². The summed E-state index contributed by atoms with van der Waals surface area (Å²) in [6, 6.07) is 0. The van der Waals surface area contributed by atoms with Crippen molar-refractivity contribution in [2.75, 3.05) is 158 Å². The second kappa shape index (κ2) is 38.9. The fourth-order valence-corrected chi connectivity index (χ4v) is 3.89. The average molecular weight is 766 g/mol. The predicted molar refractivity (Wildman–Crippen MR) is 192 cm³/mol. The molecule has 1 amide bonds. The molecule has 0 N–H and O–H groups in total. The highest BCUT2D eigenvalue weighted by Crippen LogP contribution is 2.09. The maximum atomic E-state index is 12.9. The first-order chi connectivity index (χ1) is 25.8. The Kier molecular flexibility index (Phi) is 36.8. The zero-order chi connectivity index (χ0) is 38.9. The van der Waals surface area contributed by atoms with Crippen molar-refractivity contribution < 1.29 is 61.7 Å². The fourth-order valence-electron chi connectivity index (χ4n) is 3.89. The van der Waals surface area contributed by atoms with E-state index in [9.17, 15) is 9.59 Å². The highest BCUT2D eigenvalue weighted by atomic mass is 16.6. The molecule has 0 fully saturated rings. The van der Waals surface area contributed by atoms with E-state index in [-0.39, 0.29) is 38.0 Å². The lowest BCUT2D eigenvalue weighted by atomic mass is 10.2. The smallest absolute Gasteiger partial charge is 0.306 e. The number of nitrogens with zero attached hydrogens (tertiary/aromatic N) is 7. The van der Waals surface area contributed by atoms with Crippen molar-refractivity contribution in [3.8, 4) is 0 Å². The second-order valence-corrected chi connectivity index (χ2v) is 11.9. The summed E-state index contributed by atoms with van der Waals surface area (Å²) in [6.45, 7) is 14.4. The first-order valence-electron chi connectivity index (χ1n) is 18.1. The van der Waals surface area contributed by atoms with E-state index in [1.807, 2.05) is 20.8 Å². The number of hydrogen-bond donors (Lipinski definition) is 0. The number of azide groups is 2. The molecule has 0 bridgehead atoms. The number of ether oxygens (including phenoxy) is 11. The molecule has 0 saturated carbocycles. The lowest BCUT2D eigenvalue weighted by Gasteiger charge is -2.23. The minimum absolute atomic E-state index is 0.0816. The Hall–Kier alpha value is -2.84. The van der Waals surface area contributed by atoms with Crippen molar-refractivity contribution in [3.63, 3.8) is 0 Å². The van der Waals surface area contributed by atoms with E-state index in [0.29, 0.717) is 151 Å². The number of hydrogen-bond acceptors (Lipinski definition) is 15. The molecule has 0 aliphatic carbocycles. The number of esters is 1. The van der Waals surface area contributed by atoms with Crippen LogP contribution in [0.2, 0.25) is 0 Å². The van der Waals surface area contributed by atoms with Gasteiger partial charge in [-0.3, -0.25) is 9.59 Å². The van der Waals surface area contributed by atoms with Crippen molar-refractivity contribution in [3.05, 3.63) is 20.9 Å². The molecule has 0 aromatic heterocycles. The molecular weight excluding hydrogens is 702 g/mol. The number of amides is 1. The van der Waals surface area contributed by atoms with Crippen molar-refractivity contribution in [2.45, 2.75) is 45.6 Å². The van der Waals surface area contributed by atoms with E-state index in [1.165, 1.54) is 0 Å². The number of carbonyl (C=O) groups excluding carboxylic acids is 2. The summed E-state index contributed by atoms with van der Waals surface area (Å²) >= 11 is 0. The molecular formula is C33H63N7O13. The molecule has 0 unspecified atom stereocenters. The standard InChI is InChI=1S/C33H63N7O13/c1-33(2,3)53-32(42)5-4-11-43-17-23-49-29-30-50-24-18-44-12-6-31(41)40(9-15-47-21-27-51-25-19-45-13-7-36-38-34)10-16-48-22-28-52-26-20-46-14-8-37-39-35/h4-30H2,1-3H3. The Labute approximate surface area is 313 Å². The Morgan fingerprint density at radius 2 is 0.830 bits per heavy atom. The van der Waals surface area contributed by atoms with Crippen LogP contribution in [0.4, 0.5) is 0 Å². The van der Waals surface area contributed by atoms with Crippen molar-refractivity contribution in [1.82, 2.24) is 4.90 Å². The molecule has 0 spiro atoms. The van der Waals surface area contributed by atoms with Crippen LogP contribution in [0.5, 0.6) is 0 Å². The summed E-state index contributed by atoms with van der Waals surface area (Å²) in [4.78, 5) is 31.6. The number of carbonyl (C=O) groups is 2. The predicted octanol–water partition coefficient (Wildman–Crippen LogP) is 3.11. The van der Waals surface area contributed by atoms with Gasteiger partial charge in [0.2, 0.25) is 5.91 Å². The zero-order valence-corrected chi connectivity index (χ0v) is 32.0. The van der Waals surface area contributed by atoms with Crippen LogP contribution >= 0.6 is 0 Å². The van der Waals surface area contributed by atoms with Gasteiger partial charge < -0.3 is 57.0 Å². The normalized spacial score (nSPS) is 11.2. The number of rotatable bonds is 40. The highest BCUT2D eigenvalue weighted by molar-refractivity contribution is 5.76. The van der Waals surface area contributed by atoms with Crippen LogP contribution in [0, 0.1) is 0 Å². The zero-order valence-electron chi connectivity index (χ0n) is 32.0. The third kappa shape index (κ3) is 40.2. The monoisotopic (exact) mass is 765 g/mol. The summed E-state index contributed by atoms with van der Waals surface area (Å²) in [6.07, 6.45) is 1.12. The van der Waals surface area contributed by atoms with Gasteiger partial charge >= 0.3 is 5.97 Å². The van der Waals surface area contributed by atoms with Crippen molar-refractivity contribution in [1.29, 1.82) is 0 Å². The quantitative estimate of drug-likeness (QED) is 0.0287. The molecule has 0 saturated heterocycles. The molecule has 20 nitrogen and oxygen atoms in total. The molecule has 308 valence electrons. The van der Waals surface area contributed by atoms with Gasteiger partial charge in [0.1, 0.15) is 5.60 Å². The summed E-state index contributed by atoms with van der Waals surface area (Å²) in [5, 5.41) is 6.77. The maximum Gasteiger partial charge on any atom is 0.306 e. The minimum Gasteiger partial charge on any atom is -0.460 e. The van der Waals surface area contributed by atoms with Gasteiger partial charge in [0.15, 0.2) is 0 Å². The molecule has 20 heteroatoms. The van der Waals surface area contributed by atoms with Gasteiger partial charge in [-0.15, -0.1) is 0 Å². The van der Waals surface area contributed by atoms with E-state index < -0.39 is 5.60 Å². The van der Waals surface area contributed by atoms with Gasteiger partial charge in [0.05, 0.1) is 132 Å². The first kappa shape index (κ1) is 50.2. The molecule has 53 heavy (non-hydrogen) atoms. The SMILES string of the molecule is CC(C)(C)OC(=O)CCCOCCOCCOCCOCCC(=O)N(CCOCCOCCOCCN=[N+]=[N-])CCOCCOCCOCCN=[N+]=[N-]. The lowest BCUT2D eigenvalue weighted by molar-refractivity contribution is -0.155. The highest BCUT2D eigenvalue weighted by Gasteiger charge is 2.16. The summed E-state index contributed by atoms with van der Waals surface area (Å²) in [5.74, 6) is -0.310. The Bertz CT molecular complexity index is 926. The van der Waals surface area contributed by atoms with Crippen LogP contribution < -0.4 is 0 Å². The molecule has 0 aromatic carbocycles. The van der Waals surface area contributed by atoms with E-state index in [2.05, 4.69) is 20.1 Å². The van der Waals surface area contributed by atoms with Gasteiger partial charge in [0, 0.05) is 49.0 Å². The Morgan fingerprint density at radius 1 is 0.491 bits per heavy atom.